The molecule has 1 aliphatic heterocycles. The van der Waals surface area contributed by atoms with E-state index in [1.165, 1.54) is 0 Å². The lowest BCUT2D eigenvalue weighted by Gasteiger charge is -2.22. The van der Waals surface area contributed by atoms with Gasteiger partial charge in [-0.3, -0.25) is 0 Å². The molecule has 0 aliphatic carbocycles. The molecule has 0 saturated carbocycles. The fourth-order valence-corrected chi connectivity index (χ4v) is 3.09. The largest absolute Gasteiger partial charge is 0.482 e. The highest BCUT2D eigenvalue weighted by Crippen LogP contribution is 2.19. The van der Waals surface area contributed by atoms with Crippen molar-refractivity contribution in [1.82, 2.24) is 5.32 Å². The fourth-order valence-electron chi connectivity index (χ4n) is 2.02. The van der Waals surface area contributed by atoms with E-state index >= 15 is 0 Å². The number of urea groups is 1. The van der Waals surface area contributed by atoms with E-state index in [4.69, 9.17) is 9.84 Å². The molecule has 1 atom stereocenters. The number of thioether (sulfide) groups is 1. The maximum atomic E-state index is 11.9. The van der Waals surface area contributed by atoms with Crippen molar-refractivity contribution >= 4 is 29.4 Å². The van der Waals surface area contributed by atoms with Crippen LogP contribution >= 0.6 is 11.8 Å². The van der Waals surface area contributed by atoms with E-state index in [0.29, 0.717) is 11.4 Å². The van der Waals surface area contributed by atoms with Crippen molar-refractivity contribution in [3.8, 4) is 5.75 Å². The Bertz CT molecular complexity index is 504. The first-order chi connectivity index (χ1) is 10.1. The van der Waals surface area contributed by atoms with Crippen LogP contribution in [0.25, 0.3) is 0 Å². The van der Waals surface area contributed by atoms with Crippen LogP contribution in [0.5, 0.6) is 5.75 Å². The van der Waals surface area contributed by atoms with E-state index < -0.39 is 12.6 Å². The molecule has 1 fully saturated rings. The first kappa shape index (κ1) is 15.5. The standard InChI is InChI=1S/C14H18N2O4S/c17-13(18)8-20-12-5-1-3-10(7-12)15-14(19)16-11-4-2-6-21-9-11/h1,3,5,7,11H,2,4,6,8-9H2,(H,17,18)(H2,15,16,19). The molecule has 2 amide bonds. The number of anilines is 1. The molecule has 1 aliphatic rings. The zero-order valence-electron chi connectivity index (χ0n) is 11.5. The Labute approximate surface area is 127 Å². The molecular weight excluding hydrogens is 292 g/mol. The van der Waals surface area contributed by atoms with Crippen LogP contribution in [0.3, 0.4) is 0 Å². The van der Waals surface area contributed by atoms with Crippen LogP contribution in [0.15, 0.2) is 24.3 Å². The normalized spacial score (nSPS) is 17.8. The maximum absolute atomic E-state index is 11.9. The molecule has 0 spiro atoms. The molecule has 2 rings (SSSR count). The molecular formula is C14H18N2O4S. The van der Waals surface area contributed by atoms with E-state index in [0.717, 1.165) is 24.3 Å². The van der Waals surface area contributed by atoms with Gasteiger partial charge in [0.2, 0.25) is 0 Å². The van der Waals surface area contributed by atoms with Crippen molar-refractivity contribution in [2.45, 2.75) is 18.9 Å². The van der Waals surface area contributed by atoms with Crippen LogP contribution in [-0.4, -0.2) is 41.3 Å². The van der Waals surface area contributed by atoms with E-state index in [2.05, 4.69) is 10.6 Å². The van der Waals surface area contributed by atoms with Crippen LogP contribution in [0.4, 0.5) is 10.5 Å². The number of carbonyl (C=O) groups is 2. The van der Waals surface area contributed by atoms with Crippen molar-refractivity contribution in [3.05, 3.63) is 24.3 Å². The summed E-state index contributed by atoms with van der Waals surface area (Å²) >= 11 is 1.84. The Morgan fingerprint density at radius 2 is 2.29 bits per heavy atom. The van der Waals surface area contributed by atoms with Crippen molar-refractivity contribution in [2.75, 3.05) is 23.4 Å². The summed E-state index contributed by atoms with van der Waals surface area (Å²) in [6.45, 7) is -0.408. The van der Waals surface area contributed by atoms with Gasteiger partial charge in [-0.25, -0.2) is 9.59 Å². The minimum atomic E-state index is -1.04. The van der Waals surface area contributed by atoms with Crippen molar-refractivity contribution < 1.29 is 19.4 Å². The van der Waals surface area contributed by atoms with Gasteiger partial charge >= 0.3 is 12.0 Å². The van der Waals surface area contributed by atoms with Gasteiger partial charge in [0.15, 0.2) is 6.61 Å². The van der Waals surface area contributed by atoms with Crippen LogP contribution in [0, 0.1) is 0 Å². The number of carboxylic acid groups (broad SMARTS) is 1. The smallest absolute Gasteiger partial charge is 0.341 e. The number of amides is 2. The number of nitrogens with one attached hydrogen (secondary N) is 2. The molecule has 1 aromatic carbocycles. The average Bonchev–Trinajstić information content (AvgIpc) is 2.46. The van der Waals surface area contributed by atoms with Gasteiger partial charge in [-0.05, 0) is 30.7 Å². The fraction of sp³-hybridized carbons (Fsp3) is 0.429. The monoisotopic (exact) mass is 310 g/mol. The number of carboxylic acids is 1. The van der Waals surface area contributed by atoms with Gasteiger partial charge < -0.3 is 20.5 Å². The Morgan fingerprint density at radius 1 is 1.43 bits per heavy atom. The summed E-state index contributed by atoms with van der Waals surface area (Å²) < 4.78 is 5.07. The Kier molecular flexibility index (Phi) is 5.74. The van der Waals surface area contributed by atoms with Crippen LogP contribution in [0.1, 0.15) is 12.8 Å². The van der Waals surface area contributed by atoms with E-state index in [-0.39, 0.29) is 12.1 Å². The maximum Gasteiger partial charge on any atom is 0.341 e. The van der Waals surface area contributed by atoms with Gasteiger partial charge in [0.25, 0.3) is 0 Å². The Morgan fingerprint density at radius 3 is 3.00 bits per heavy atom. The highest BCUT2D eigenvalue weighted by atomic mass is 32.2. The van der Waals surface area contributed by atoms with Gasteiger partial charge in [0, 0.05) is 23.5 Å². The molecule has 1 saturated heterocycles. The predicted octanol–water partition coefficient (Wildman–Crippen LogP) is 2.17. The van der Waals surface area contributed by atoms with Gasteiger partial charge in [0.1, 0.15) is 5.75 Å². The number of ether oxygens (including phenoxy) is 1. The molecule has 1 heterocycles. The van der Waals surface area contributed by atoms with E-state index in [9.17, 15) is 9.59 Å². The summed E-state index contributed by atoms with van der Waals surface area (Å²) in [5.41, 5.74) is 0.568. The number of rotatable bonds is 5. The van der Waals surface area contributed by atoms with E-state index in [1.807, 2.05) is 11.8 Å². The van der Waals surface area contributed by atoms with Crippen molar-refractivity contribution in [3.63, 3.8) is 0 Å². The second kappa shape index (κ2) is 7.78. The lowest BCUT2D eigenvalue weighted by molar-refractivity contribution is -0.139. The van der Waals surface area contributed by atoms with E-state index in [1.54, 1.807) is 24.3 Å². The van der Waals surface area contributed by atoms with Gasteiger partial charge in [-0.15, -0.1) is 0 Å². The first-order valence-corrected chi connectivity index (χ1v) is 7.89. The molecule has 21 heavy (non-hydrogen) atoms. The third-order valence-corrected chi connectivity index (χ3v) is 4.17. The summed E-state index contributed by atoms with van der Waals surface area (Å²) in [5.74, 6) is 1.46. The minimum Gasteiger partial charge on any atom is -0.482 e. The van der Waals surface area contributed by atoms with Crippen molar-refractivity contribution in [2.24, 2.45) is 0 Å². The van der Waals surface area contributed by atoms with Gasteiger partial charge in [0.05, 0.1) is 0 Å². The molecule has 114 valence electrons. The molecule has 0 bridgehead atoms. The SMILES string of the molecule is O=C(O)COc1cccc(NC(=O)NC2CCCSC2)c1. The highest BCUT2D eigenvalue weighted by Gasteiger charge is 2.16. The second-order valence-electron chi connectivity index (χ2n) is 4.72. The van der Waals surface area contributed by atoms with Crippen LogP contribution < -0.4 is 15.4 Å². The molecule has 7 heteroatoms. The Balaban J connectivity index is 1.85. The summed E-state index contributed by atoms with van der Waals surface area (Å²) in [4.78, 5) is 22.3. The third kappa shape index (κ3) is 5.55. The second-order valence-corrected chi connectivity index (χ2v) is 5.87. The average molecular weight is 310 g/mol. The number of hydrogen-bond acceptors (Lipinski definition) is 4. The zero-order chi connectivity index (χ0) is 15.1. The quantitative estimate of drug-likeness (QED) is 0.776. The summed E-state index contributed by atoms with van der Waals surface area (Å²) in [5, 5.41) is 14.2. The predicted molar refractivity (Wildman–Crippen MR) is 82.1 cm³/mol. The molecule has 3 N–H and O–H groups in total. The third-order valence-electron chi connectivity index (χ3n) is 2.95. The number of aliphatic carboxylic acids is 1. The van der Waals surface area contributed by atoms with Crippen LogP contribution in [0.2, 0.25) is 0 Å². The minimum absolute atomic E-state index is 0.204. The lowest BCUT2D eigenvalue weighted by Crippen LogP contribution is -2.40. The summed E-state index contributed by atoms with van der Waals surface area (Å²) in [7, 11) is 0. The topological polar surface area (TPSA) is 87.7 Å². The lowest BCUT2D eigenvalue weighted by atomic mass is 10.2. The Hall–Kier alpha value is -1.89. The highest BCUT2D eigenvalue weighted by molar-refractivity contribution is 7.99. The molecule has 0 radical (unpaired) electrons. The van der Waals surface area contributed by atoms with Crippen LogP contribution in [-0.2, 0) is 4.79 Å². The number of carbonyl (C=O) groups excluding carboxylic acids is 1. The van der Waals surface area contributed by atoms with Crippen molar-refractivity contribution in [1.29, 1.82) is 0 Å². The first-order valence-electron chi connectivity index (χ1n) is 6.73. The molecule has 0 aromatic heterocycles. The molecule has 1 aromatic rings. The van der Waals surface area contributed by atoms with Gasteiger partial charge in [-0.1, -0.05) is 6.07 Å². The number of hydrogen-bond donors (Lipinski definition) is 3. The zero-order valence-corrected chi connectivity index (χ0v) is 12.3. The number of benzene rings is 1. The van der Waals surface area contributed by atoms with Gasteiger partial charge in [-0.2, -0.15) is 11.8 Å². The summed E-state index contributed by atoms with van der Waals surface area (Å²) in [6.07, 6.45) is 2.12. The summed E-state index contributed by atoms with van der Waals surface area (Å²) in [6, 6.07) is 6.61. The molecule has 6 nitrogen and oxygen atoms in total. The molecule has 1 unspecified atom stereocenters.